The predicted molar refractivity (Wildman–Crippen MR) is 77.9 cm³/mol. The van der Waals surface area contributed by atoms with Gasteiger partial charge >= 0.3 is 0 Å². The van der Waals surface area contributed by atoms with E-state index in [1.54, 1.807) is 4.90 Å². The number of rotatable bonds is 5. The van der Waals surface area contributed by atoms with Crippen molar-refractivity contribution in [3.63, 3.8) is 0 Å². The Labute approximate surface area is 124 Å². The first-order chi connectivity index (χ1) is 10.1. The normalized spacial score (nSPS) is 16.0. The molecule has 2 N–H and O–H groups in total. The number of benzene rings is 1. The summed E-state index contributed by atoms with van der Waals surface area (Å²) >= 11 is 0. The highest BCUT2D eigenvalue weighted by Gasteiger charge is 2.29. The first-order valence-electron chi connectivity index (χ1n) is 7.60. The van der Waals surface area contributed by atoms with Gasteiger partial charge in [-0.3, -0.25) is 4.79 Å². The molecule has 0 spiro atoms. The van der Waals surface area contributed by atoms with Gasteiger partial charge in [-0.1, -0.05) is 25.3 Å². The molecule has 21 heavy (non-hydrogen) atoms. The summed E-state index contributed by atoms with van der Waals surface area (Å²) in [7, 11) is 0. The van der Waals surface area contributed by atoms with Crippen LogP contribution in [0.5, 0.6) is 0 Å². The Balaban J connectivity index is 2.24. The summed E-state index contributed by atoms with van der Waals surface area (Å²) in [5.41, 5.74) is 5.07. The Morgan fingerprint density at radius 2 is 1.81 bits per heavy atom. The molecule has 116 valence electrons. The highest BCUT2D eigenvalue weighted by Crippen LogP contribution is 2.25. The molecule has 1 aliphatic rings. The van der Waals surface area contributed by atoms with Crippen LogP contribution in [-0.2, 0) is 0 Å². The van der Waals surface area contributed by atoms with Gasteiger partial charge in [-0.05, 0) is 37.9 Å². The molecule has 1 saturated carbocycles. The quantitative estimate of drug-likeness (QED) is 0.907. The molecule has 0 bridgehead atoms. The number of carbonyl (C=O) groups is 1. The topological polar surface area (TPSA) is 46.3 Å². The molecule has 1 aliphatic carbocycles. The Morgan fingerprint density at radius 1 is 1.19 bits per heavy atom. The maximum Gasteiger partial charge on any atom is 0.260 e. The van der Waals surface area contributed by atoms with E-state index in [-0.39, 0.29) is 6.04 Å². The standard InChI is InChI=1S/C16H22F2N2O/c17-13-8-4-9-14(18)15(13)16(21)20(11-5-10-19)12-6-2-1-3-7-12/h4,8-9,12H,1-3,5-7,10-11,19H2. The molecular formula is C16H22F2N2O. The van der Waals surface area contributed by atoms with Gasteiger partial charge in [0, 0.05) is 12.6 Å². The van der Waals surface area contributed by atoms with Gasteiger partial charge < -0.3 is 10.6 Å². The maximum absolute atomic E-state index is 13.8. The van der Waals surface area contributed by atoms with Crippen molar-refractivity contribution in [1.82, 2.24) is 4.90 Å². The number of hydrogen-bond donors (Lipinski definition) is 1. The number of halogens is 2. The van der Waals surface area contributed by atoms with Crippen LogP contribution < -0.4 is 5.73 Å². The van der Waals surface area contributed by atoms with E-state index in [1.165, 1.54) is 6.07 Å². The Bertz CT molecular complexity index is 467. The summed E-state index contributed by atoms with van der Waals surface area (Å²) < 4.78 is 27.7. The molecule has 2 rings (SSSR count). The van der Waals surface area contributed by atoms with Crippen molar-refractivity contribution in [1.29, 1.82) is 0 Å². The van der Waals surface area contributed by atoms with Crippen LogP contribution in [0, 0.1) is 11.6 Å². The zero-order chi connectivity index (χ0) is 15.2. The number of hydrogen-bond acceptors (Lipinski definition) is 2. The van der Waals surface area contributed by atoms with Gasteiger partial charge in [0.1, 0.15) is 17.2 Å². The van der Waals surface area contributed by atoms with Crippen molar-refractivity contribution in [2.45, 2.75) is 44.6 Å². The first kappa shape index (κ1) is 15.9. The number of nitrogens with two attached hydrogens (primary N) is 1. The van der Waals surface area contributed by atoms with Gasteiger partial charge in [-0.25, -0.2) is 8.78 Å². The molecule has 0 aromatic heterocycles. The largest absolute Gasteiger partial charge is 0.335 e. The van der Waals surface area contributed by atoms with E-state index in [2.05, 4.69) is 0 Å². The van der Waals surface area contributed by atoms with Crippen LogP contribution >= 0.6 is 0 Å². The zero-order valence-corrected chi connectivity index (χ0v) is 12.2. The fourth-order valence-electron chi connectivity index (χ4n) is 2.95. The molecule has 0 atom stereocenters. The van der Waals surface area contributed by atoms with E-state index in [9.17, 15) is 13.6 Å². The SMILES string of the molecule is NCCCN(C(=O)c1c(F)cccc1F)C1CCCCC1. The van der Waals surface area contributed by atoms with Crippen molar-refractivity contribution < 1.29 is 13.6 Å². The van der Waals surface area contributed by atoms with Crippen LogP contribution in [0.3, 0.4) is 0 Å². The van der Waals surface area contributed by atoms with Gasteiger partial charge in [0.25, 0.3) is 5.91 Å². The molecule has 1 fully saturated rings. The van der Waals surface area contributed by atoms with E-state index in [0.717, 1.165) is 44.2 Å². The molecule has 0 radical (unpaired) electrons. The predicted octanol–water partition coefficient (Wildman–Crippen LogP) is 3.09. The Kier molecular flexibility index (Phi) is 5.67. The second kappa shape index (κ2) is 7.50. The van der Waals surface area contributed by atoms with E-state index in [0.29, 0.717) is 19.5 Å². The molecule has 0 saturated heterocycles. The summed E-state index contributed by atoms with van der Waals surface area (Å²) in [6.07, 6.45) is 5.69. The van der Waals surface area contributed by atoms with Crippen LogP contribution in [-0.4, -0.2) is 29.9 Å². The molecule has 0 heterocycles. The highest BCUT2D eigenvalue weighted by atomic mass is 19.1. The third kappa shape index (κ3) is 3.79. The maximum atomic E-state index is 13.8. The summed E-state index contributed by atoms with van der Waals surface area (Å²) in [5, 5.41) is 0. The molecule has 1 aromatic rings. The summed E-state index contributed by atoms with van der Waals surface area (Å²) in [6.45, 7) is 0.907. The van der Waals surface area contributed by atoms with E-state index < -0.39 is 23.1 Å². The Morgan fingerprint density at radius 3 is 2.38 bits per heavy atom. The number of amides is 1. The molecule has 1 aromatic carbocycles. The third-order valence-electron chi connectivity index (χ3n) is 4.06. The molecule has 1 amide bonds. The Hall–Kier alpha value is -1.49. The lowest BCUT2D eigenvalue weighted by molar-refractivity contribution is 0.0623. The monoisotopic (exact) mass is 296 g/mol. The minimum atomic E-state index is -0.798. The number of nitrogens with zero attached hydrogens (tertiary/aromatic N) is 1. The van der Waals surface area contributed by atoms with Crippen molar-refractivity contribution in [3.8, 4) is 0 Å². The second-order valence-corrected chi connectivity index (χ2v) is 5.53. The zero-order valence-electron chi connectivity index (χ0n) is 12.2. The second-order valence-electron chi connectivity index (χ2n) is 5.53. The van der Waals surface area contributed by atoms with Crippen molar-refractivity contribution in [3.05, 3.63) is 35.4 Å². The summed E-state index contributed by atoms with van der Waals surface area (Å²) in [6, 6.07) is 3.58. The smallest absolute Gasteiger partial charge is 0.260 e. The van der Waals surface area contributed by atoms with Gasteiger partial charge in [0.05, 0.1) is 0 Å². The van der Waals surface area contributed by atoms with E-state index >= 15 is 0 Å². The lowest BCUT2D eigenvalue weighted by Gasteiger charge is -2.34. The third-order valence-corrected chi connectivity index (χ3v) is 4.06. The first-order valence-corrected chi connectivity index (χ1v) is 7.60. The summed E-state index contributed by atoms with van der Waals surface area (Å²) in [4.78, 5) is 14.2. The van der Waals surface area contributed by atoms with Gasteiger partial charge in [0.15, 0.2) is 0 Å². The fraction of sp³-hybridized carbons (Fsp3) is 0.562. The van der Waals surface area contributed by atoms with Crippen LogP contribution in [0.25, 0.3) is 0 Å². The van der Waals surface area contributed by atoms with Crippen LogP contribution in [0.15, 0.2) is 18.2 Å². The van der Waals surface area contributed by atoms with Crippen LogP contribution in [0.4, 0.5) is 8.78 Å². The van der Waals surface area contributed by atoms with E-state index in [1.807, 2.05) is 0 Å². The minimum absolute atomic E-state index is 0.0665. The van der Waals surface area contributed by atoms with E-state index in [4.69, 9.17) is 5.73 Å². The lowest BCUT2D eigenvalue weighted by Crippen LogP contribution is -2.43. The molecule has 0 unspecified atom stereocenters. The molecular weight excluding hydrogens is 274 g/mol. The lowest BCUT2D eigenvalue weighted by atomic mass is 9.93. The molecule has 5 heteroatoms. The van der Waals surface area contributed by atoms with Crippen LogP contribution in [0.1, 0.15) is 48.9 Å². The number of carbonyl (C=O) groups excluding carboxylic acids is 1. The van der Waals surface area contributed by atoms with Gasteiger partial charge in [0.2, 0.25) is 0 Å². The van der Waals surface area contributed by atoms with Crippen LogP contribution in [0.2, 0.25) is 0 Å². The summed E-state index contributed by atoms with van der Waals surface area (Å²) in [5.74, 6) is -2.15. The van der Waals surface area contributed by atoms with Gasteiger partial charge in [-0.2, -0.15) is 0 Å². The van der Waals surface area contributed by atoms with Gasteiger partial charge in [-0.15, -0.1) is 0 Å². The highest BCUT2D eigenvalue weighted by molar-refractivity contribution is 5.95. The molecule has 3 nitrogen and oxygen atoms in total. The minimum Gasteiger partial charge on any atom is -0.335 e. The average Bonchev–Trinajstić information content (AvgIpc) is 2.48. The fourth-order valence-corrected chi connectivity index (χ4v) is 2.95. The van der Waals surface area contributed by atoms with Crippen molar-refractivity contribution in [2.75, 3.05) is 13.1 Å². The van der Waals surface area contributed by atoms with Crippen molar-refractivity contribution >= 4 is 5.91 Å². The van der Waals surface area contributed by atoms with Crippen molar-refractivity contribution in [2.24, 2.45) is 5.73 Å². The average molecular weight is 296 g/mol. The molecule has 0 aliphatic heterocycles.